The van der Waals surface area contributed by atoms with Gasteiger partial charge in [0.15, 0.2) is 0 Å². The zero-order valence-electron chi connectivity index (χ0n) is 8.15. The molecule has 0 aliphatic carbocycles. The summed E-state index contributed by atoms with van der Waals surface area (Å²) in [5, 5.41) is 6.58. The summed E-state index contributed by atoms with van der Waals surface area (Å²) >= 11 is 0. The monoisotopic (exact) mass is 180 g/mol. The van der Waals surface area contributed by atoms with Crippen LogP contribution in [-0.2, 0) is 13.0 Å². The van der Waals surface area contributed by atoms with Crippen molar-refractivity contribution in [1.82, 2.24) is 15.3 Å². The highest BCUT2D eigenvalue weighted by atomic mass is 15.1. The van der Waals surface area contributed by atoms with Crippen LogP contribution in [-0.4, -0.2) is 22.6 Å². The number of imidazole rings is 1. The van der Waals surface area contributed by atoms with Gasteiger partial charge in [-0.15, -0.1) is 0 Å². The molecule has 72 valence electrons. The zero-order chi connectivity index (χ0) is 9.26. The molecule has 13 heavy (non-hydrogen) atoms. The van der Waals surface area contributed by atoms with Crippen LogP contribution in [0.25, 0.3) is 0 Å². The highest BCUT2D eigenvalue weighted by molar-refractivity contribution is 5.33. The molecule has 2 heterocycles. The van der Waals surface area contributed by atoms with Crippen molar-refractivity contribution in [2.45, 2.75) is 32.9 Å². The van der Waals surface area contributed by atoms with E-state index in [0.717, 1.165) is 25.5 Å². The van der Waals surface area contributed by atoms with E-state index in [9.17, 15) is 0 Å². The minimum Gasteiger partial charge on any atom is -0.354 e. The average Bonchev–Trinajstić information content (AvgIpc) is 2.44. The number of nitrogens with zero attached hydrogens (tertiary/aromatic N) is 1. The van der Waals surface area contributed by atoms with E-state index in [4.69, 9.17) is 0 Å². The quantitative estimate of drug-likeness (QED) is 0.633. The first kappa shape index (κ1) is 8.56. The predicted octanol–water partition coefficient (Wildman–Crippen LogP) is 0.876. The van der Waals surface area contributed by atoms with Gasteiger partial charge in [-0.25, -0.2) is 4.98 Å². The first-order valence-corrected chi connectivity index (χ1v) is 4.80. The van der Waals surface area contributed by atoms with E-state index in [2.05, 4.69) is 34.4 Å². The van der Waals surface area contributed by atoms with Crippen LogP contribution in [0.3, 0.4) is 0 Å². The predicted molar refractivity (Wildman–Crippen MR) is 52.8 cm³/mol. The number of nitrogens with one attached hydrogen (secondary N) is 3. The number of rotatable bonds is 2. The molecule has 0 unspecified atom stereocenters. The van der Waals surface area contributed by atoms with Crippen molar-refractivity contribution in [2.24, 2.45) is 0 Å². The fraction of sp³-hybridized carbons (Fsp3) is 0.667. The molecule has 0 fully saturated rings. The van der Waals surface area contributed by atoms with Gasteiger partial charge in [-0.05, 0) is 13.8 Å². The number of anilines is 1. The lowest BCUT2D eigenvalue weighted by molar-refractivity contribution is 0.627. The third-order valence-electron chi connectivity index (χ3n) is 2.13. The second-order valence-electron chi connectivity index (χ2n) is 3.74. The van der Waals surface area contributed by atoms with E-state index in [0.29, 0.717) is 6.04 Å². The molecule has 1 aromatic rings. The van der Waals surface area contributed by atoms with Crippen LogP contribution in [0.5, 0.6) is 0 Å². The van der Waals surface area contributed by atoms with Gasteiger partial charge in [0.25, 0.3) is 0 Å². The second kappa shape index (κ2) is 3.38. The maximum Gasteiger partial charge on any atom is 0.200 e. The minimum absolute atomic E-state index is 0.431. The molecule has 0 radical (unpaired) electrons. The first-order chi connectivity index (χ1) is 6.25. The Morgan fingerprint density at radius 2 is 2.31 bits per heavy atom. The lowest BCUT2D eigenvalue weighted by atomic mass is 10.2. The summed E-state index contributed by atoms with van der Waals surface area (Å²) in [6.45, 7) is 6.18. The van der Waals surface area contributed by atoms with Crippen LogP contribution in [0, 0.1) is 0 Å². The van der Waals surface area contributed by atoms with Crippen LogP contribution in [0.4, 0.5) is 5.95 Å². The summed E-state index contributed by atoms with van der Waals surface area (Å²) in [4.78, 5) is 7.76. The molecule has 1 aromatic heterocycles. The maximum absolute atomic E-state index is 4.48. The van der Waals surface area contributed by atoms with Crippen LogP contribution in [0.2, 0.25) is 0 Å². The van der Waals surface area contributed by atoms with Gasteiger partial charge >= 0.3 is 0 Å². The molecule has 0 atom stereocenters. The molecule has 1 aliphatic rings. The highest BCUT2D eigenvalue weighted by Crippen LogP contribution is 2.13. The van der Waals surface area contributed by atoms with Gasteiger partial charge in [0, 0.05) is 25.6 Å². The highest BCUT2D eigenvalue weighted by Gasteiger charge is 2.13. The molecule has 4 heteroatoms. The molecule has 0 aromatic carbocycles. The van der Waals surface area contributed by atoms with Crippen molar-refractivity contribution >= 4 is 5.95 Å². The van der Waals surface area contributed by atoms with Gasteiger partial charge in [0.05, 0.1) is 11.4 Å². The fourth-order valence-electron chi connectivity index (χ4n) is 1.56. The van der Waals surface area contributed by atoms with Crippen LogP contribution < -0.4 is 10.6 Å². The molecule has 0 saturated heterocycles. The summed E-state index contributed by atoms with van der Waals surface area (Å²) in [5.74, 6) is 0.906. The van der Waals surface area contributed by atoms with Crippen molar-refractivity contribution in [3.63, 3.8) is 0 Å². The van der Waals surface area contributed by atoms with Crippen LogP contribution in [0.15, 0.2) is 0 Å². The number of aromatic amines is 1. The van der Waals surface area contributed by atoms with Crippen molar-refractivity contribution < 1.29 is 0 Å². The van der Waals surface area contributed by atoms with Crippen LogP contribution in [0.1, 0.15) is 25.2 Å². The Bertz CT molecular complexity index is 266. The van der Waals surface area contributed by atoms with E-state index in [-0.39, 0.29) is 0 Å². The third-order valence-corrected chi connectivity index (χ3v) is 2.13. The molecule has 0 bridgehead atoms. The lowest BCUT2D eigenvalue weighted by Crippen LogP contribution is -2.23. The number of fused-ring (bicyclic) bond motifs is 1. The average molecular weight is 180 g/mol. The normalized spacial score (nSPS) is 15.9. The standard InChI is InChI=1S/C9H16N4/c1-6(2)11-9-12-7-3-4-10-5-8(7)13-9/h6,10H,3-5H2,1-2H3,(H2,11,12,13). The first-order valence-electron chi connectivity index (χ1n) is 4.80. The Hall–Kier alpha value is -1.03. The molecule has 0 spiro atoms. The Morgan fingerprint density at radius 1 is 1.46 bits per heavy atom. The fourth-order valence-corrected chi connectivity index (χ4v) is 1.56. The van der Waals surface area contributed by atoms with E-state index in [1.807, 2.05) is 0 Å². The molecule has 3 N–H and O–H groups in total. The SMILES string of the molecule is CC(C)Nc1nc2c([nH]1)CNCC2. The molecular formula is C9H16N4. The summed E-state index contributed by atoms with van der Waals surface area (Å²) in [6, 6.07) is 0.431. The van der Waals surface area contributed by atoms with Gasteiger partial charge < -0.3 is 15.6 Å². The number of hydrogen-bond acceptors (Lipinski definition) is 3. The number of H-pyrrole nitrogens is 1. The second-order valence-corrected chi connectivity index (χ2v) is 3.74. The summed E-state index contributed by atoms with van der Waals surface area (Å²) in [7, 11) is 0. The van der Waals surface area contributed by atoms with Gasteiger partial charge in [0.2, 0.25) is 5.95 Å². The topological polar surface area (TPSA) is 52.7 Å². The molecule has 0 amide bonds. The van der Waals surface area contributed by atoms with E-state index in [1.165, 1.54) is 11.4 Å². The van der Waals surface area contributed by atoms with Gasteiger partial charge in [0.1, 0.15) is 0 Å². The molecule has 0 saturated carbocycles. The van der Waals surface area contributed by atoms with Crippen molar-refractivity contribution in [2.75, 3.05) is 11.9 Å². The summed E-state index contributed by atoms with van der Waals surface area (Å²) in [5.41, 5.74) is 2.44. The summed E-state index contributed by atoms with van der Waals surface area (Å²) in [6.07, 6.45) is 1.03. The zero-order valence-corrected chi connectivity index (χ0v) is 8.15. The van der Waals surface area contributed by atoms with E-state index < -0.39 is 0 Å². The molecule has 1 aliphatic heterocycles. The van der Waals surface area contributed by atoms with Crippen molar-refractivity contribution in [1.29, 1.82) is 0 Å². The van der Waals surface area contributed by atoms with Gasteiger partial charge in [-0.1, -0.05) is 0 Å². The van der Waals surface area contributed by atoms with E-state index >= 15 is 0 Å². The largest absolute Gasteiger partial charge is 0.354 e. The number of hydrogen-bond donors (Lipinski definition) is 3. The van der Waals surface area contributed by atoms with Gasteiger partial charge in [-0.2, -0.15) is 0 Å². The Balaban J connectivity index is 2.15. The smallest absolute Gasteiger partial charge is 0.200 e. The van der Waals surface area contributed by atoms with Crippen molar-refractivity contribution in [3.8, 4) is 0 Å². The maximum atomic E-state index is 4.48. The minimum atomic E-state index is 0.431. The van der Waals surface area contributed by atoms with Crippen molar-refractivity contribution in [3.05, 3.63) is 11.4 Å². The lowest BCUT2D eigenvalue weighted by Gasteiger charge is -2.09. The Morgan fingerprint density at radius 3 is 3.00 bits per heavy atom. The molecule has 2 rings (SSSR count). The Labute approximate surface area is 78.1 Å². The molecule has 4 nitrogen and oxygen atoms in total. The number of aromatic nitrogens is 2. The summed E-state index contributed by atoms with van der Waals surface area (Å²) < 4.78 is 0. The Kier molecular flexibility index (Phi) is 2.22. The van der Waals surface area contributed by atoms with Gasteiger partial charge in [-0.3, -0.25) is 0 Å². The van der Waals surface area contributed by atoms with E-state index in [1.54, 1.807) is 0 Å². The third kappa shape index (κ3) is 1.83. The van der Waals surface area contributed by atoms with Crippen LogP contribution >= 0.6 is 0 Å². The molecular weight excluding hydrogens is 164 g/mol.